The normalized spacial score (nSPS) is 17.1. The van der Waals surface area contributed by atoms with E-state index in [1.54, 1.807) is 47.4 Å². The molecular weight excluding hydrogens is 397 g/mol. The lowest BCUT2D eigenvalue weighted by atomic mass is 10.1. The fourth-order valence-corrected chi connectivity index (χ4v) is 3.20. The number of hydrazone groups is 1. The lowest BCUT2D eigenvalue weighted by Crippen LogP contribution is -2.30. The van der Waals surface area contributed by atoms with Crippen LogP contribution >= 0.6 is 34.8 Å². The standard InChI is InChI=1S/C18H14Cl3N3O2/c19-13-3-5-15(6-4-13)24-10-12(7-17(24)25)18(26)23-22-9-11-1-2-14(20)8-16(11)21/h1-6,8-9,12H,7,10H2,(H,23,26)/b22-9-/t12-/m0/s1. The van der Waals surface area contributed by atoms with Gasteiger partial charge in [0.25, 0.3) is 0 Å². The maximum absolute atomic E-state index is 12.3. The van der Waals surface area contributed by atoms with Gasteiger partial charge < -0.3 is 4.90 Å². The maximum atomic E-state index is 12.3. The molecule has 0 spiro atoms. The van der Waals surface area contributed by atoms with Crippen molar-refractivity contribution in [1.29, 1.82) is 0 Å². The number of amides is 2. The third-order valence-corrected chi connectivity index (χ3v) is 4.79. The molecule has 26 heavy (non-hydrogen) atoms. The van der Waals surface area contributed by atoms with E-state index in [0.717, 1.165) is 0 Å². The summed E-state index contributed by atoms with van der Waals surface area (Å²) in [6.45, 7) is 0.295. The molecule has 134 valence electrons. The van der Waals surface area contributed by atoms with E-state index < -0.39 is 5.92 Å². The number of anilines is 1. The van der Waals surface area contributed by atoms with Crippen LogP contribution in [-0.4, -0.2) is 24.6 Å². The second-order valence-corrected chi connectivity index (χ2v) is 7.06. The molecule has 0 aliphatic carbocycles. The summed E-state index contributed by atoms with van der Waals surface area (Å²) in [5, 5.41) is 5.45. The van der Waals surface area contributed by atoms with Crippen molar-refractivity contribution in [3.8, 4) is 0 Å². The molecule has 1 heterocycles. The van der Waals surface area contributed by atoms with E-state index in [-0.39, 0.29) is 18.2 Å². The molecule has 0 saturated carbocycles. The number of hydrogen-bond acceptors (Lipinski definition) is 3. The SMILES string of the molecule is O=C(N/N=C\c1ccc(Cl)cc1Cl)[C@H]1CC(=O)N(c2ccc(Cl)cc2)C1. The van der Waals surface area contributed by atoms with E-state index in [4.69, 9.17) is 34.8 Å². The molecule has 0 bridgehead atoms. The molecule has 1 aliphatic rings. The highest BCUT2D eigenvalue weighted by Crippen LogP contribution is 2.26. The van der Waals surface area contributed by atoms with Gasteiger partial charge in [0.05, 0.1) is 17.2 Å². The minimum atomic E-state index is -0.476. The molecule has 2 aromatic rings. The molecule has 1 fully saturated rings. The van der Waals surface area contributed by atoms with Gasteiger partial charge in [0, 0.05) is 34.3 Å². The summed E-state index contributed by atoms with van der Waals surface area (Å²) < 4.78 is 0. The molecule has 1 aliphatic heterocycles. The summed E-state index contributed by atoms with van der Waals surface area (Å²) >= 11 is 17.7. The maximum Gasteiger partial charge on any atom is 0.245 e. The van der Waals surface area contributed by atoms with Crippen molar-refractivity contribution in [2.75, 3.05) is 11.4 Å². The van der Waals surface area contributed by atoms with Crippen LogP contribution < -0.4 is 10.3 Å². The minimum absolute atomic E-state index is 0.114. The number of benzene rings is 2. The lowest BCUT2D eigenvalue weighted by molar-refractivity contribution is -0.126. The quantitative estimate of drug-likeness (QED) is 0.608. The fraction of sp³-hybridized carbons (Fsp3) is 0.167. The average molecular weight is 411 g/mol. The zero-order valence-electron chi connectivity index (χ0n) is 13.5. The average Bonchev–Trinajstić information content (AvgIpc) is 2.99. The Kier molecular flexibility index (Phi) is 5.81. The van der Waals surface area contributed by atoms with Crippen molar-refractivity contribution in [1.82, 2.24) is 5.43 Å². The van der Waals surface area contributed by atoms with E-state index in [1.807, 2.05) is 0 Å². The van der Waals surface area contributed by atoms with Gasteiger partial charge in [0.1, 0.15) is 0 Å². The van der Waals surface area contributed by atoms with Gasteiger partial charge in [0.15, 0.2) is 0 Å². The Hall–Kier alpha value is -2.08. The summed E-state index contributed by atoms with van der Waals surface area (Å²) in [7, 11) is 0. The van der Waals surface area contributed by atoms with Crippen molar-refractivity contribution in [3.63, 3.8) is 0 Å². The van der Waals surface area contributed by atoms with Gasteiger partial charge in [-0.15, -0.1) is 0 Å². The molecule has 2 aromatic carbocycles. The Labute approximate surface area is 165 Å². The molecular formula is C18H14Cl3N3O2. The topological polar surface area (TPSA) is 61.8 Å². The third kappa shape index (κ3) is 4.36. The Morgan fingerprint density at radius 1 is 1.12 bits per heavy atom. The number of nitrogens with one attached hydrogen (secondary N) is 1. The largest absolute Gasteiger partial charge is 0.312 e. The van der Waals surface area contributed by atoms with Gasteiger partial charge in [-0.3, -0.25) is 9.59 Å². The van der Waals surface area contributed by atoms with Crippen molar-refractivity contribution in [2.24, 2.45) is 11.0 Å². The molecule has 8 heteroatoms. The molecule has 0 aromatic heterocycles. The number of rotatable bonds is 4. The van der Waals surface area contributed by atoms with Crippen molar-refractivity contribution < 1.29 is 9.59 Å². The first-order chi connectivity index (χ1) is 12.4. The van der Waals surface area contributed by atoms with E-state index in [1.165, 1.54) is 6.21 Å². The summed E-state index contributed by atoms with van der Waals surface area (Å²) in [5.74, 6) is -0.913. The van der Waals surface area contributed by atoms with Gasteiger partial charge in [0.2, 0.25) is 11.8 Å². The smallest absolute Gasteiger partial charge is 0.245 e. The first kappa shape index (κ1) is 18.7. The van der Waals surface area contributed by atoms with Gasteiger partial charge in [-0.1, -0.05) is 40.9 Å². The number of carbonyl (C=O) groups is 2. The lowest BCUT2D eigenvalue weighted by Gasteiger charge is -2.16. The monoisotopic (exact) mass is 409 g/mol. The number of hydrogen-bond donors (Lipinski definition) is 1. The molecule has 0 unspecified atom stereocenters. The molecule has 1 atom stereocenters. The van der Waals surface area contributed by atoms with Gasteiger partial charge >= 0.3 is 0 Å². The van der Waals surface area contributed by atoms with Crippen molar-refractivity contribution in [2.45, 2.75) is 6.42 Å². The van der Waals surface area contributed by atoms with Crippen molar-refractivity contribution >= 4 is 58.5 Å². The molecule has 1 saturated heterocycles. The number of halogens is 3. The van der Waals surface area contributed by atoms with Crippen molar-refractivity contribution in [3.05, 3.63) is 63.1 Å². The van der Waals surface area contributed by atoms with Crippen LogP contribution in [0, 0.1) is 5.92 Å². The third-order valence-electron chi connectivity index (χ3n) is 3.98. The van der Waals surface area contributed by atoms with E-state index in [9.17, 15) is 9.59 Å². The summed E-state index contributed by atoms with van der Waals surface area (Å²) in [6, 6.07) is 11.9. The zero-order chi connectivity index (χ0) is 18.7. The fourth-order valence-electron chi connectivity index (χ4n) is 2.62. The summed E-state index contributed by atoms with van der Waals surface area (Å²) in [4.78, 5) is 26.0. The van der Waals surface area contributed by atoms with Gasteiger partial charge in [-0.2, -0.15) is 5.10 Å². The first-order valence-corrected chi connectivity index (χ1v) is 8.91. The van der Waals surface area contributed by atoms with Crippen LogP contribution in [0.2, 0.25) is 15.1 Å². The molecule has 1 N–H and O–H groups in total. The van der Waals surface area contributed by atoms with Crippen LogP contribution in [0.25, 0.3) is 0 Å². The van der Waals surface area contributed by atoms with Gasteiger partial charge in [-0.05, 0) is 36.4 Å². The van der Waals surface area contributed by atoms with Crippen LogP contribution in [0.5, 0.6) is 0 Å². The minimum Gasteiger partial charge on any atom is -0.312 e. The second kappa shape index (κ2) is 8.08. The first-order valence-electron chi connectivity index (χ1n) is 7.78. The predicted octanol–water partition coefficient (Wildman–Crippen LogP) is 4.15. The molecule has 5 nitrogen and oxygen atoms in total. The molecule has 0 radical (unpaired) electrons. The Morgan fingerprint density at radius 2 is 1.81 bits per heavy atom. The Bertz CT molecular complexity index is 868. The Balaban J connectivity index is 1.61. The van der Waals surface area contributed by atoms with Crippen LogP contribution in [-0.2, 0) is 9.59 Å². The Morgan fingerprint density at radius 3 is 2.50 bits per heavy atom. The molecule has 2 amide bonds. The highest BCUT2D eigenvalue weighted by molar-refractivity contribution is 6.36. The second-order valence-electron chi connectivity index (χ2n) is 5.78. The number of carbonyl (C=O) groups excluding carboxylic acids is 2. The zero-order valence-corrected chi connectivity index (χ0v) is 15.7. The van der Waals surface area contributed by atoms with Gasteiger partial charge in [-0.25, -0.2) is 5.43 Å². The van der Waals surface area contributed by atoms with E-state index >= 15 is 0 Å². The summed E-state index contributed by atoms with van der Waals surface area (Å²) in [6.07, 6.45) is 1.57. The van der Waals surface area contributed by atoms with Crippen LogP contribution in [0.4, 0.5) is 5.69 Å². The highest BCUT2D eigenvalue weighted by Gasteiger charge is 2.35. The number of nitrogens with zero attached hydrogens (tertiary/aromatic N) is 2. The van der Waals surface area contributed by atoms with Crippen LogP contribution in [0.1, 0.15) is 12.0 Å². The highest BCUT2D eigenvalue weighted by atomic mass is 35.5. The predicted molar refractivity (Wildman–Crippen MR) is 104 cm³/mol. The van der Waals surface area contributed by atoms with Crippen LogP contribution in [0.3, 0.4) is 0 Å². The van der Waals surface area contributed by atoms with E-state index in [2.05, 4.69) is 10.5 Å². The van der Waals surface area contributed by atoms with E-state index in [0.29, 0.717) is 32.9 Å². The summed E-state index contributed by atoms with van der Waals surface area (Å²) in [5.41, 5.74) is 3.80. The van der Waals surface area contributed by atoms with Crippen LogP contribution in [0.15, 0.2) is 47.6 Å². The molecule has 3 rings (SSSR count).